The second kappa shape index (κ2) is 75.0. The number of hydrogen-bond donors (Lipinski definition) is 6. The first kappa shape index (κ1) is 42.7. The fraction of sp³-hybridized carbons (Fsp3) is 0.333. The molecule has 16 nitrogen and oxygen atoms in total. The van der Waals surface area contributed by atoms with E-state index in [2.05, 4.69) is 11.5 Å². The number of nitrogens with two attached hydrogens (primary N) is 2. The average molecular weight is 400 g/mol. The maximum Gasteiger partial charge on any atom is 2.00 e. The number of carbonyl (C=O) groups is 4. The molecule has 0 aromatic carbocycles. The fourth-order valence-electron chi connectivity index (χ4n) is 0. The molecule has 0 saturated heterocycles. The van der Waals surface area contributed by atoms with E-state index in [0.29, 0.717) is 0 Å². The zero-order valence-corrected chi connectivity index (χ0v) is 14.3. The molecule has 23 heavy (non-hydrogen) atoms. The van der Waals surface area contributed by atoms with Gasteiger partial charge in [-0.2, -0.15) is 0 Å². The van der Waals surface area contributed by atoms with Crippen molar-refractivity contribution in [2.75, 3.05) is 13.1 Å². The molecule has 0 rings (SSSR count). The number of carbonyl (C=O) groups excluding carboxylic acids is 2. The van der Waals surface area contributed by atoms with Gasteiger partial charge in [0.15, 0.2) is 10.7 Å². The van der Waals surface area contributed by atoms with Crippen molar-refractivity contribution in [3.05, 3.63) is 9.81 Å². The van der Waals surface area contributed by atoms with E-state index in [9.17, 15) is 9.59 Å². The molecule has 132 valence electrons. The average Bonchev–Trinajstić information content (AvgIpc) is 2.43. The first-order valence-corrected chi connectivity index (χ1v) is 4.09. The maximum atomic E-state index is 9.24. The largest absolute Gasteiger partial charge is 2.00 e. The van der Waals surface area contributed by atoms with Gasteiger partial charge in [0.2, 0.25) is 0 Å². The third kappa shape index (κ3) is 3810. The molecule has 8 N–H and O–H groups in total. The minimum absolute atomic E-state index is 0. The van der Waals surface area contributed by atoms with Crippen molar-refractivity contribution >= 4 is 24.9 Å². The molecule has 0 unspecified atom stereocenters. The van der Waals surface area contributed by atoms with Crippen LogP contribution in [0.3, 0.4) is 0 Å². The van der Waals surface area contributed by atoms with Gasteiger partial charge >= 0.3 is 31.4 Å². The van der Waals surface area contributed by atoms with E-state index in [1.165, 1.54) is 10.7 Å². The van der Waals surface area contributed by atoms with Gasteiger partial charge in [0, 0.05) is 12.9 Å². The van der Waals surface area contributed by atoms with Gasteiger partial charge in [0.05, 0.1) is 13.1 Å². The Hall–Kier alpha value is -2.78. The molecule has 0 aliphatic carbocycles. The molecule has 0 aliphatic rings. The smallest absolute Gasteiger partial charge is 0.554 e. The molecule has 0 radical (unpaired) electrons. The Bertz CT molecular complexity index is 228. The number of hydrogen-bond acceptors (Lipinski definition) is 12. The second-order valence-corrected chi connectivity index (χ2v) is 1.55. The predicted molar refractivity (Wildman–Crippen MR) is 60.7 cm³/mol. The Morgan fingerprint density at radius 2 is 0.913 bits per heavy atom. The monoisotopic (exact) mass is 398 g/mol. The quantitative estimate of drug-likeness (QED) is 0.110. The summed E-state index contributed by atoms with van der Waals surface area (Å²) in [5, 5.41) is 47.5. The van der Waals surface area contributed by atoms with Crippen LogP contribution in [-0.4, -0.2) is 58.6 Å². The molecule has 0 spiro atoms. The Morgan fingerprint density at radius 3 is 0.913 bits per heavy atom. The number of rotatable bonds is 2. The molecule has 0 saturated carbocycles. The van der Waals surface area contributed by atoms with Crippen LogP contribution in [-0.2, 0) is 38.7 Å². The Labute approximate surface area is 140 Å². The van der Waals surface area contributed by atoms with Crippen LogP contribution in [0, 0.1) is 9.81 Å². The Morgan fingerprint density at radius 1 is 0.870 bits per heavy atom. The molecule has 0 aromatic rings. The second-order valence-electron chi connectivity index (χ2n) is 1.55. The van der Waals surface area contributed by atoms with E-state index in [0.717, 1.165) is 0 Å². The molecule has 0 amide bonds. The summed E-state index contributed by atoms with van der Waals surface area (Å²) in [5.74, 6) is -1.94. The summed E-state index contributed by atoms with van der Waals surface area (Å²) in [6.45, 7) is -1.56. The van der Waals surface area contributed by atoms with Gasteiger partial charge in [-0.15, -0.1) is 9.81 Å². The van der Waals surface area contributed by atoms with Crippen LogP contribution in [0.15, 0.2) is 10.7 Å². The van der Waals surface area contributed by atoms with Crippen LogP contribution in [0.25, 0.3) is 0 Å². The van der Waals surface area contributed by atoms with Gasteiger partial charge in [-0.1, -0.05) is 0 Å². The Balaban J connectivity index is -0.0000000270. The molecule has 0 aliphatic heterocycles. The Kier molecular flexibility index (Phi) is 139. The summed E-state index contributed by atoms with van der Waals surface area (Å²) in [6.07, 6.45) is 0. The van der Waals surface area contributed by atoms with Crippen LogP contribution in [0.1, 0.15) is 0 Å². The SMILES string of the molecule is NCC(=O)O.NCC(=O)O.O=C[O-].O=C[O-].O=NO.O=NO.[Zn+2]. The van der Waals surface area contributed by atoms with Crippen LogP contribution >= 0.6 is 0 Å². The van der Waals surface area contributed by atoms with Gasteiger partial charge in [0.25, 0.3) is 0 Å². The first-order valence-electron chi connectivity index (χ1n) is 4.09. The normalized spacial score (nSPS) is 5.30. The van der Waals surface area contributed by atoms with Gasteiger partial charge in [0.1, 0.15) is 0 Å². The van der Waals surface area contributed by atoms with Crippen molar-refractivity contribution in [2.24, 2.45) is 22.1 Å². The standard InChI is InChI=1S/2C2H5NO2.2CH2O2.2HNO2.Zn/c2*3-1-2(4)5;4*2-1-3;/h2*1,3H2,(H,4,5);2*1H,(H,2,3);2*(H,2,3);/q;;;;;;+2/p-2. The topological polar surface area (TPSA) is 306 Å². The van der Waals surface area contributed by atoms with E-state index in [-0.39, 0.29) is 32.6 Å². The van der Waals surface area contributed by atoms with Crippen molar-refractivity contribution in [3.63, 3.8) is 0 Å². The number of aliphatic carboxylic acids is 2. The summed E-state index contributed by atoms with van der Waals surface area (Å²) in [7, 11) is 0. The first-order chi connectivity index (χ1) is 10.2. The van der Waals surface area contributed by atoms with Crippen molar-refractivity contribution in [2.45, 2.75) is 0 Å². The van der Waals surface area contributed by atoms with E-state index >= 15 is 0 Å². The summed E-state index contributed by atoms with van der Waals surface area (Å²) in [6, 6.07) is 0. The van der Waals surface area contributed by atoms with Crippen molar-refractivity contribution < 1.29 is 69.5 Å². The summed E-state index contributed by atoms with van der Waals surface area (Å²) < 4.78 is 0. The van der Waals surface area contributed by atoms with Crippen LogP contribution in [0.4, 0.5) is 0 Å². The molecule has 0 bridgehead atoms. The van der Waals surface area contributed by atoms with Gasteiger partial charge < -0.3 is 51.9 Å². The number of nitrogens with zero attached hydrogens (tertiary/aromatic N) is 2. The number of carboxylic acids is 2. The zero-order chi connectivity index (χ0) is 19.4. The van der Waals surface area contributed by atoms with E-state index in [4.69, 9.17) is 50.2 Å². The van der Waals surface area contributed by atoms with E-state index in [1.807, 2.05) is 0 Å². The summed E-state index contributed by atoms with van der Waals surface area (Å²) in [4.78, 5) is 51.2. The minimum atomic E-state index is -0.968. The van der Waals surface area contributed by atoms with Gasteiger partial charge in [-0.05, 0) is 0 Å². The minimum Gasteiger partial charge on any atom is -0.554 e. The van der Waals surface area contributed by atoms with Crippen LogP contribution in [0.5, 0.6) is 0 Å². The van der Waals surface area contributed by atoms with Gasteiger partial charge in [-0.25, -0.2) is 0 Å². The molecular formula is C6H14N4O12Zn. The van der Waals surface area contributed by atoms with Crippen molar-refractivity contribution in [3.8, 4) is 0 Å². The third-order valence-electron chi connectivity index (χ3n) is 0.349. The van der Waals surface area contributed by atoms with Gasteiger partial charge in [-0.3, -0.25) is 9.59 Å². The maximum absolute atomic E-state index is 9.24. The van der Waals surface area contributed by atoms with Crippen LogP contribution < -0.4 is 21.7 Å². The third-order valence-corrected chi connectivity index (χ3v) is 0.349. The van der Waals surface area contributed by atoms with Crippen LogP contribution in [0.2, 0.25) is 0 Å². The summed E-state index contributed by atoms with van der Waals surface area (Å²) in [5.41, 5.74) is 9.14. The van der Waals surface area contributed by atoms with Crippen molar-refractivity contribution in [1.29, 1.82) is 0 Å². The van der Waals surface area contributed by atoms with Crippen molar-refractivity contribution in [1.82, 2.24) is 0 Å². The number of carboxylic acid groups (broad SMARTS) is 4. The molecule has 0 heterocycles. The van der Waals surface area contributed by atoms with E-state index in [1.54, 1.807) is 0 Å². The molecule has 0 fully saturated rings. The predicted octanol–water partition coefficient (Wildman–Crippen LogP) is -4.93. The zero-order valence-electron chi connectivity index (χ0n) is 11.4. The molecule has 0 aromatic heterocycles. The van der Waals surface area contributed by atoms with E-state index < -0.39 is 24.9 Å². The molecular weight excluding hydrogens is 385 g/mol. The molecule has 17 heteroatoms. The summed E-state index contributed by atoms with van der Waals surface area (Å²) >= 11 is 0. The fourth-order valence-corrected chi connectivity index (χ4v) is 0. The molecule has 0 atom stereocenters.